The molecule has 2 aromatic heterocycles. The molecule has 0 saturated carbocycles. The lowest BCUT2D eigenvalue weighted by atomic mass is 9.79. The standard InChI is InChI=1S/C48H46N2O3/c1-46(2,3)30-23-29(43(51)38(25-30)48(7,8)9)27-49-41-32-16-11-10-15-28(32)21-22-36(41)45-50-42-37(24-31(47(4,5)6)26-40(42)53-45)35-19-14-18-34-33-17-12-13-20-39(33)52-44(34)35/h10-27,51H,1-9H3. The third-order valence-corrected chi connectivity index (χ3v) is 10.3. The summed E-state index contributed by atoms with van der Waals surface area (Å²) in [5.74, 6) is 0.724. The van der Waals surface area contributed by atoms with Crippen LogP contribution in [0.4, 0.5) is 5.69 Å². The van der Waals surface area contributed by atoms with E-state index < -0.39 is 0 Å². The fraction of sp³-hybridized carbons (Fsp3) is 0.250. The number of aromatic nitrogens is 1. The highest BCUT2D eigenvalue weighted by atomic mass is 16.3. The average molecular weight is 699 g/mol. The van der Waals surface area contributed by atoms with Crippen molar-refractivity contribution in [3.63, 3.8) is 0 Å². The SMILES string of the molecule is CC(C)(C)c1cc(C=Nc2c(-c3nc4c(-c5cccc6c5oc5ccccc56)cc(C(C)(C)C)cc4o3)ccc3ccccc23)c(O)c(C(C)(C)C)c1. The number of phenols is 1. The summed E-state index contributed by atoms with van der Waals surface area (Å²) in [6.07, 6.45) is 1.79. The molecule has 5 nitrogen and oxygen atoms in total. The Labute approximate surface area is 311 Å². The molecule has 6 aromatic carbocycles. The van der Waals surface area contributed by atoms with E-state index >= 15 is 0 Å². The first-order valence-corrected chi connectivity index (χ1v) is 18.4. The van der Waals surface area contributed by atoms with E-state index in [9.17, 15) is 5.11 Å². The molecule has 266 valence electrons. The fourth-order valence-electron chi connectivity index (χ4n) is 7.20. The van der Waals surface area contributed by atoms with Crippen molar-refractivity contribution < 1.29 is 13.9 Å². The molecule has 0 bridgehead atoms. The summed E-state index contributed by atoms with van der Waals surface area (Å²) in [5.41, 5.74) is 9.88. The molecule has 8 rings (SSSR count). The fourth-order valence-corrected chi connectivity index (χ4v) is 7.20. The maximum Gasteiger partial charge on any atom is 0.229 e. The number of hydrogen-bond donors (Lipinski definition) is 1. The number of nitrogens with zero attached hydrogens (tertiary/aromatic N) is 2. The van der Waals surface area contributed by atoms with Crippen LogP contribution in [0, 0.1) is 0 Å². The van der Waals surface area contributed by atoms with Crippen LogP contribution < -0.4 is 0 Å². The van der Waals surface area contributed by atoms with Gasteiger partial charge in [0.1, 0.15) is 22.4 Å². The predicted molar refractivity (Wildman–Crippen MR) is 221 cm³/mol. The van der Waals surface area contributed by atoms with E-state index in [-0.39, 0.29) is 22.0 Å². The zero-order valence-corrected chi connectivity index (χ0v) is 32.1. The summed E-state index contributed by atoms with van der Waals surface area (Å²) in [7, 11) is 0. The van der Waals surface area contributed by atoms with Gasteiger partial charge in [0.25, 0.3) is 0 Å². The molecule has 0 atom stereocenters. The van der Waals surface area contributed by atoms with E-state index in [1.807, 2.05) is 36.4 Å². The first kappa shape index (κ1) is 34.4. The van der Waals surface area contributed by atoms with Gasteiger partial charge in [-0.05, 0) is 63.1 Å². The summed E-state index contributed by atoms with van der Waals surface area (Å²) in [6.45, 7) is 19.6. The summed E-state index contributed by atoms with van der Waals surface area (Å²) < 4.78 is 13.3. The van der Waals surface area contributed by atoms with E-state index in [4.69, 9.17) is 18.8 Å². The Balaban J connectivity index is 1.36. The van der Waals surface area contributed by atoms with E-state index in [0.29, 0.717) is 17.0 Å². The van der Waals surface area contributed by atoms with Crippen LogP contribution in [-0.2, 0) is 16.2 Å². The Hall–Kier alpha value is -5.68. The van der Waals surface area contributed by atoms with Crippen LogP contribution >= 0.6 is 0 Å². The number of para-hydroxylation sites is 2. The highest BCUT2D eigenvalue weighted by molar-refractivity contribution is 6.12. The number of hydrogen-bond acceptors (Lipinski definition) is 5. The van der Waals surface area contributed by atoms with Crippen molar-refractivity contribution in [1.82, 2.24) is 4.98 Å². The van der Waals surface area contributed by atoms with Crippen molar-refractivity contribution in [3.8, 4) is 28.3 Å². The van der Waals surface area contributed by atoms with Crippen molar-refractivity contribution >= 4 is 55.7 Å². The second-order valence-corrected chi connectivity index (χ2v) is 17.3. The second-order valence-electron chi connectivity index (χ2n) is 17.3. The van der Waals surface area contributed by atoms with Gasteiger partial charge in [-0.15, -0.1) is 0 Å². The van der Waals surface area contributed by atoms with Gasteiger partial charge in [-0.3, -0.25) is 4.99 Å². The molecular weight excluding hydrogens is 653 g/mol. The lowest BCUT2D eigenvalue weighted by molar-refractivity contribution is 0.444. The number of aromatic hydroxyl groups is 1. The molecule has 0 unspecified atom stereocenters. The summed E-state index contributed by atoms with van der Waals surface area (Å²) >= 11 is 0. The van der Waals surface area contributed by atoms with Gasteiger partial charge in [0.05, 0.1) is 11.3 Å². The molecule has 0 saturated heterocycles. The van der Waals surface area contributed by atoms with Crippen LogP contribution in [0.15, 0.2) is 117 Å². The molecule has 0 aliphatic carbocycles. The van der Waals surface area contributed by atoms with Crippen LogP contribution in [-0.4, -0.2) is 16.3 Å². The smallest absolute Gasteiger partial charge is 0.229 e. The number of furan rings is 1. The van der Waals surface area contributed by atoms with Gasteiger partial charge in [0, 0.05) is 44.6 Å². The normalized spacial score (nSPS) is 13.0. The zero-order chi connectivity index (χ0) is 37.4. The van der Waals surface area contributed by atoms with Gasteiger partial charge < -0.3 is 13.9 Å². The Morgan fingerprint density at radius 2 is 1.26 bits per heavy atom. The van der Waals surface area contributed by atoms with E-state index in [2.05, 4.69) is 129 Å². The van der Waals surface area contributed by atoms with Crippen LogP contribution in [0.25, 0.3) is 66.4 Å². The lowest BCUT2D eigenvalue weighted by Crippen LogP contribution is -2.17. The molecule has 53 heavy (non-hydrogen) atoms. The summed E-state index contributed by atoms with van der Waals surface area (Å²) in [4.78, 5) is 10.4. The van der Waals surface area contributed by atoms with Crippen LogP contribution in [0.5, 0.6) is 5.75 Å². The van der Waals surface area contributed by atoms with Gasteiger partial charge in [0.2, 0.25) is 5.89 Å². The topological polar surface area (TPSA) is 71.8 Å². The molecule has 0 aliphatic rings. The molecule has 0 fully saturated rings. The number of benzene rings is 6. The number of phenolic OH excluding ortho intramolecular Hbond substituents is 1. The predicted octanol–water partition coefficient (Wildman–Crippen LogP) is 13.6. The number of fused-ring (bicyclic) bond motifs is 5. The average Bonchev–Trinajstić information content (AvgIpc) is 3.71. The van der Waals surface area contributed by atoms with Crippen LogP contribution in [0.2, 0.25) is 0 Å². The molecule has 5 heteroatoms. The molecule has 1 N–H and O–H groups in total. The van der Waals surface area contributed by atoms with Gasteiger partial charge in [-0.1, -0.05) is 135 Å². The third-order valence-electron chi connectivity index (χ3n) is 10.3. The van der Waals surface area contributed by atoms with Crippen molar-refractivity contribution in [2.45, 2.75) is 78.6 Å². The summed E-state index contributed by atoms with van der Waals surface area (Å²) in [5, 5.41) is 15.8. The zero-order valence-electron chi connectivity index (χ0n) is 32.1. The lowest BCUT2D eigenvalue weighted by Gasteiger charge is -2.27. The van der Waals surface area contributed by atoms with Gasteiger partial charge in [0.15, 0.2) is 5.58 Å². The molecule has 2 heterocycles. The maximum absolute atomic E-state index is 11.6. The largest absolute Gasteiger partial charge is 0.507 e. The Morgan fingerprint density at radius 3 is 2.00 bits per heavy atom. The van der Waals surface area contributed by atoms with Gasteiger partial charge >= 0.3 is 0 Å². The van der Waals surface area contributed by atoms with Crippen LogP contribution in [0.3, 0.4) is 0 Å². The maximum atomic E-state index is 11.6. The first-order valence-electron chi connectivity index (χ1n) is 18.4. The van der Waals surface area contributed by atoms with Gasteiger partial charge in [-0.25, -0.2) is 4.98 Å². The Morgan fingerprint density at radius 1 is 0.585 bits per heavy atom. The van der Waals surface area contributed by atoms with Crippen molar-refractivity contribution in [2.75, 3.05) is 0 Å². The van der Waals surface area contributed by atoms with Crippen LogP contribution in [0.1, 0.15) is 84.6 Å². The first-order chi connectivity index (χ1) is 25.1. The number of oxazole rings is 1. The van der Waals surface area contributed by atoms with Crippen molar-refractivity contribution in [1.29, 1.82) is 0 Å². The molecule has 0 spiro atoms. The highest BCUT2D eigenvalue weighted by Crippen LogP contribution is 2.44. The summed E-state index contributed by atoms with van der Waals surface area (Å²) in [6, 6.07) is 35.3. The molecular formula is C48H46N2O3. The number of rotatable bonds is 4. The van der Waals surface area contributed by atoms with E-state index in [0.717, 1.165) is 77.3 Å². The minimum Gasteiger partial charge on any atom is -0.507 e. The monoisotopic (exact) mass is 698 g/mol. The van der Waals surface area contributed by atoms with Crippen molar-refractivity contribution in [3.05, 3.63) is 125 Å². The number of aliphatic imine (C=N–C) groups is 1. The quantitative estimate of drug-likeness (QED) is 0.186. The minimum absolute atomic E-state index is 0.116. The third kappa shape index (κ3) is 6.08. The Kier molecular flexibility index (Phi) is 7.92. The Bertz CT molecular complexity index is 2740. The van der Waals surface area contributed by atoms with Crippen molar-refractivity contribution in [2.24, 2.45) is 4.99 Å². The second kappa shape index (κ2) is 12.2. The molecule has 8 aromatic rings. The van der Waals surface area contributed by atoms with E-state index in [1.165, 1.54) is 0 Å². The van der Waals surface area contributed by atoms with E-state index in [1.54, 1.807) is 6.21 Å². The molecule has 0 amide bonds. The minimum atomic E-state index is -0.257. The molecule has 0 aliphatic heterocycles. The highest BCUT2D eigenvalue weighted by Gasteiger charge is 2.26. The van der Waals surface area contributed by atoms with Gasteiger partial charge in [-0.2, -0.15) is 0 Å². The molecule has 0 radical (unpaired) electrons.